The van der Waals surface area contributed by atoms with Crippen molar-refractivity contribution in [2.24, 2.45) is 0 Å². The molecule has 0 atom stereocenters. The molecule has 1 rings (SSSR count). The average Bonchev–Trinajstić information content (AvgIpc) is 2.97. The molecule has 2 amide bonds. The van der Waals surface area contributed by atoms with E-state index in [1.165, 1.54) is 185 Å². The van der Waals surface area contributed by atoms with E-state index in [0.717, 1.165) is 12.8 Å². The summed E-state index contributed by atoms with van der Waals surface area (Å²) in [4.78, 5) is 24.0. The number of hydrogen-bond donors (Lipinski definition) is 2. The summed E-state index contributed by atoms with van der Waals surface area (Å²) in [6, 6.07) is 5.92. The lowest BCUT2D eigenvalue weighted by Gasteiger charge is -2.05. The monoisotopic (exact) mass is 571 g/mol. The first-order chi connectivity index (χ1) is 20.1. The molecule has 0 fully saturated rings. The van der Waals surface area contributed by atoms with Crippen LogP contribution < -0.4 is 5.32 Å². The van der Waals surface area contributed by atoms with Crippen LogP contribution in [0.25, 0.3) is 0 Å². The minimum Gasteiger partial charge on any atom is -0.508 e. The average molecular weight is 572 g/mol. The van der Waals surface area contributed by atoms with Gasteiger partial charge in [0.1, 0.15) is 5.75 Å². The van der Waals surface area contributed by atoms with Crippen molar-refractivity contribution in [3.8, 4) is 5.75 Å². The van der Waals surface area contributed by atoms with E-state index in [1.54, 1.807) is 0 Å². The summed E-state index contributed by atoms with van der Waals surface area (Å²) in [5.41, 5.74) is 0.386. The van der Waals surface area contributed by atoms with Crippen molar-refractivity contribution in [1.82, 2.24) is 5.32 Å². The van der Waals surface area contributed by atoms with Crippen molar-refractivity contribution < 1.29 is 14.7 Å². The van der Waals surface area contributed by atoms with E-state index in [1.807, 2.05) is 0 Å². The Hall–Kier alpha value is -1.84. The quantitative estimate of drug-likeness (QED) is 0.0940. The van der Waals surface area contributed by atoms with E-state index >= 15 is 0 Å². The summed E-state index contributed by atoms with van der Waals surface area (Å²) in [7, 11) is 0. The van der Waals surface area contributed by atoms with Crippen LogP contribution in [-0.4, -0.2) is 16.9 Å². The zero-order valence-electron chi connectivity index (χ0n) is 26.9. The summed E-state index contributed by atoms with van der Waals surface area (Å²) in [5, 5.41) is 11.7. The molecule has 0 aliphatic rings. The normalized spacial score (nSPS) is 11.1. The van der Waals surface area contributed by atoms with Crippen molar-refractivity contribution in [2.75, 3.05) is 0 Å². The fourth-order valence-corrected chi connectivity index (χ4v) is 5.65. The Bertz CT molecular complexity index is 730. The van der Waals surface area contributed by atoms with Crippen LogP contribution in [0.4, 0.5) is 0 Å². The van der Waals surface area contributed by atoms with Gasteiger partial charge in [-0.15, -0.1) is 0 Å². The van der Waals surface area contributed by atoms with Gasteiger partial charge in [-0.3, -0.25) is 14.9 Å². The highest BCUT2D eigenvalue weighted by atomic mass is 16.3. The van der Waals surface area contributed by atoms with Gasteiger partial charge in [-0.1, -0.05) is 174 Å². The Morgan fingerprint density at radius 3 is 1.10 bits per heavy atom. The van der Waals surface area contributed by atoms with Crippen LogP contribution in [0.3, 0.4) is 0 Å². The number of benzene rings is 1. The van der Waals surface area contributed by atoms with Gasteiger partial charge >= 0.3 is 0 Å². The number of carbonyl (C=O) groups excluding carboxylic acids is 2. The zero-order chi connectivity index (χ0) is 29.6. The number of aromatic hydroxyl groups is 1. The largest absolute Gasteiger partial charge is 0.508 e. The molecule has 4 heteroatoms. The van der Waals surface area contributed by atoms with Crippen LogP contribution in [0.2, 0.25) is 0 Å². The Balaban J connectivity index is 1.72. The molecule has 0 unspecified atom stereocenters. The maximum atomic E-state index is 12.0. The van der Waals surface area contributed by atoms with E-state index in [2.05, 4.69) is 12.2 Å². The maximum absolute atomic E-state index is 12.0. The first-order valence-corrected chi connectivity index (χ1v) is 17.8. The van der Waals surface area contributed by atoms with E-state index in [-0.39, 0.29) is 11.7 Å². The minimum absolute atomic E-state index is 0.105. The van der Waals surface area contributed by atoms with Gasteiger partial charge in [0, 0.05) is 12.0 Å². The predicted molar refractivity (Wildman–Crippen MR) is 176 cm³/mol. The van der Waals surface area contributed by atoms with Gasteiger partial charge in [0.05, 0.1) is 0 Å². The number of unbranched alkanes of at least 4 members (excludes halogenated alkanes) is 26. The Labute approximate surface area is 253 Å². The maximum Gasteiger partial charge on any atom is 0.257 e. The fraction of sp³-hybridized carbons (Fsp3) is 0.784. The predicted octanol–water partition coefficient (Wildman–Crippen LogP) is 11.6. The summed E-state index contributed by atoms with van der Waals surface area (Å²) >= 11 is 0. The number of carbonyl (C=O) groups is 2. The molecule has 1 aromatic carbocycles. The highest BCUT2D eigenvalue weighted by molar-refractivity contribution is 6.04. The van der Waals surface area contributed by atoms with Crippen LogP contribution in [-0.2, 0) is 4.79 Å². The van der Waals surface area contributed by atoms with Crippen LogP contribution >= 0.6 is 0 Å². The van der Waals surface area contributed by atoms with Crippen molar-refractivity contribution in [1.29, 1.82) is 0 Å². The molecule has 0 heterocycles. The molecule has 0 radical (unpaired) electrons. The minimum atomic E-state index is -0.403. The SMILES string of the molecule is CCCCCCCCCCCCCCCCCCCCCCCCCCCCCC(=O)NC(=O)c1ccc(O)cc1. The topological polar surface area (TPSA) is 66.4 Å². The van der Waals surface area contributed by atoms with Crippen molar-refractivity contribution in [3.63, 3.8) is 0 Å². The standard InChI is InChI=1S/C37H65NO3/c1-2-3-4-5-6-7-8-9-10-11-12-13-14-15-16-17-18-19-20-21-22-23-24-25-26-27-28-29-36(40)38-37(41)34-30-32-35(39)33-31-34/h30-33,39H,2-29H2,1H3,(H,38,40,41). The second-order valence-corrected chi connectivity index (χ2v) is 12.4. The van der Waals surface area contributed by atoms with E-state index in [9.17, 15) is 14.7 Å². The number of hydrogen-bond acceptors (Lipinski definition) is 3. The highest BCUT2D eigenvalue weighted by Gasteiger charge is 2.10. The Morgan fingerprint density at radius 1 is 0.488 bits per heavy atom. The van der Waals surface area contributed by atoms with Crippen LogP contribution in [0.15, 0.2) is 24.3 Å². The molecule has 4 nitrogen and oxygen atoms in total. The molecule has 0 saturated heterocycles. The van der Waals surface area contributed by atoms with Crippen molar-refractivity contribution in [3.05, 3.63) is 29.8 Å². The van der Waals surface area contributed by atoms with Crippen LogP contribution in [0.5, 0.6) is 5.75 Å². The highest BCUT2D eigenvalue weighted by Crippen LogP contribution is 2.16. The van der Waals surface area contributed by atoms with Gasteiger partial charge in [-0.2, -0.15) is 0 Å². The number of amides is 2. The Morgan fingerprint density at radius 2 is 0.780 bits per heavy atom. The lowest BCUT2D eigenvalue weighted by Crippen LogP contribution is -2.30. The third-order valence-corrected chi connectivity index (χ3v) is 8.39. The number of phenols is 1. The van der Waals surface area contributed by atoms with Crippen LogP contribution in [0, 0.1) is 0 Å². The smallest absolute Gasteiger partial charge is 0.257 e. The third kappa shape index (κ3) is 24.5. The molecular weight excluding hydrogens is 506 g/mol. The zero-order valence-corrected chi connectivity index (χ0v) is 26.9. The molecule has 0 aromatic heterocycles. The molecule has 41 heavy (non-hydrogen) atoms. The number of nitrogens with one attached hydrogen (secondary N) is 1. The van der Waals surface area contributed by atoms with Gasteiger partial charge in [0.15, 0.2) is 0 Å². The lowest BCUT2D eigenvalue weighted by atomic mass is 10.0. The molecule has 0 aliphatic carbocycles. The Kier molecular flexibility index (Phi) is 25.7. The summed E-state index contributed by atoms with van der Waals surface area (Å²) < 4.78 is 0. The van der Waals surface area contributed by atoms with Gasteiger partial charge < -0.3 is 5.11 Å². The van der Waals surface area contributed by atoms with Gasteiger partial charge in [-0.05, 0) is 30.7 Å². The number of rotatable bonds is 29. The molecular formula is C37H65NO3. The first kappa shape index (κ1) is 37.2. The lowest BCUT2D eigenvalue weighted by molar-refractivity contribution is -0.120. The van der Waals surface area contributed by atoms with Gasteiger partial charge in [0.2, 0.25) is 5.91 Å². The van der Waals surface area contributed by atoms with E-state index < -0.39 is 5.91 Å². The molecule has 0 bridgehead atoms. The molecule has 1 aromatic rings. The van der Waals surface area contributed by atoms with Crippen LogP contribution in [0.1, 0.15) is 197 Å². The molecule has 0 saturated carbocycles. The molecule has 2 N–H and O–H groups in total. The second-order valence-electron chi connectivity index (χ2n) is 12.4. The van der Waals surface area contributed by atoms with Gasteiger partial charge in [-0.25, -0.2) is 0 Å². The van der Waals surface area contributed by atoms with E-state index in [4.69, 9.17) is 0 Å². The van der Waals surface area contributed by atoms with Crippen molar-refractivity contribution >= 4 is 11.8 Å². The first-order valence-electron chi connectivity index (χ1n) is 17.8. The molecule has 0 spiro atoms. The second kappa shape index (κ2) is 28.3. The summed E-state index contributed by atoms with van der Waals surface area (Å²) in [5.74, 6) is -0.517. The number of imide groups is 1. The molecule has 236 valence electrons. The van der Waals surface area contributed by atoms with E-state index in [0.29, 0.717) is 12.0 Å². The summed E-state index contributed by atoms with van der Waals surface area (Å²) in [6.07, 6.45) is 37.4. The van der Waals surface area contributed by atoms with Crippen molar-refractivity contribution in [2.45, 2.75) is 187 Å². The summed E-state index contributed by atoms with van der Waals surface area (Å²) in [6.45, 7) is 2.29. The fourth-order valence-electron chi connectivity index (χ4n) is 5.65. The molecule has 0 aliphatic heterocycles. The number of phenolic OH excluding ortho intramolecular Hbond substituents is 1. The third-order valence-electron chi connectivity index (χ3n) is 8.39. The van der Waals surface area contributed by atoms with Gasteiger partial charge in [0.25, 0.3) is 5.91 Å².